The van der Waals surface area contributed by atoms with Crippen LogP contribution in [0.2, 0.25) is 0 Å². The number of hydrogen-bond donors (Lipinski definition) is 3. The van der Waals surface area contributed by atoms with Gasteiger partial charge in [-0.3, -0.25) is 9.48 Å². The van der Waals surface area contributed by atoms with Crippen LogP contribution in [0.15, 0.2) is 61.1 Å². The zero-order valence-electron chi connectivity index (χ0n) is 23.5. The number of anilines is 2. The first-order chi connectivity index (χ1) is 19.2. The number of carbonyl (C=O) groups is 1. The summed E-state index contributed by atoms with van der Waals surface area (Å²) in [5.41, 5.74) is 5.30. The van der Waals surface area contributed by atoms with Crippen LogP contribution >= 0.6 is 0 Å². The summed E-state index contributed by atoms with van der Waals surface area (Å²) in [7, 11) is 0. The third kappa shape index (κ3) is 6.37. The van der Waals surface area contributed by atoms with Gasteiger partial charge in [0.15, 0.2) is 5.82 Å². The Morgan fingerprint density at radius 3 is 2.55 bits per heavy atom. The van der Waals surface area contributed by atoms with E-state index in [4.69, 9.17) is 0 Å². The van der Waals surface area contributed by atoms with Crippen LogP contribution in [-0.4, -0.2) is 38.7 Å². The molecule has 1 aliphatic heterocycles. The lowest BCUT2D eigenvalue weighted by atomic mass is 9.87. The van der Waals surface area contributed by atoms with Gasteiger partial charge in [0.25, 0.3) is 5.91 Å². The molecule has 0 atom stereocenters. The lowest BCUT2D eigenvalue weighted by Crippen LogP contribution is -2.29. The molecule has 2 aromatic heterocycles. The highest BCUT2D eigenvalue weighted by Crippen LogP contribution is 2.26. The number of hydrogen-bond acceptors (Lipinski definition) is 6. The van der Waals surface area contributed by atoms with Crippen LogP contribution in [0.5, 0.6) is 0 Å². The van der Waals surface area contributed by atoms with Gasteiger partial charge in [0.1, 0.15) is 5.69 Å². The zero-order valence-corrected chi connectivity index (χ0v) is 23.5. The van der Waals surface area contributed by atoms with Crippen molar-refractivity contribution in [2.75, 3.05) is 18.4 Å². The summed E-state index contributed by atoms with van der Waals surface area (Å²) >= 11 is 0. The van der Waals surface area contributed by atoms with E-state index >= 15 is 0 Å². The van der Waals surface area contributed by atoms with Crippen molar-refractivity contribution in [3.63, 3.8) is 0 Å². The fourth-order valence-electron chi connectivity index (χ4n) is 4.87. The molecule has 9 heteroatoms. The van der Waals surface area contributed by atoms with Crippen molar-refractivity contribution in [2.45, 2.75) is 58.5 Å². The van der Waals surface area contributed by atoms with Gasteiger partial charge in [0.2, 0.25) is 5.95 Å². The second-order valence-electron chi connectivity index (χ2n) is 11.4. The number of nitrogens with zero attached hydrogens (tertiary/aromatic N) is 4. The average Bonchev–Trinajstić information content (AvgIpc) is 3.42. The van der Waals surface area contributed by atoms with E-state index in [0.29, 0.717) is 29.7 Å². The topological polar surface area (TPSA) is 96.8 Å². The van der Waals surface area contributed by atoms with Gasteiger partial charge < -0.3 is 16.0 Å². The number of carbonyl (C=O) groups excluding carboxylic acids is 1. The average molecular weight is 542 g/mol. The van der Waals surface area contributed by atoms with Gasteiger partial charge in [-0.15, -0.1) is 0 Å². The van der Waals surface area contributed by atoms with Crippen molar-refractivity contribution < 1.29 is 9.18 Å². The van der Waals surface area contributed by atoms with E-state index < -0.39 is 5.82 Å². The molecule has 3 N–H and O–H groups in total. The quantitative estimate of drug-likeness (QED) is 0.278. The summed E-state index contributed by atoms with van der Waals surface area (Å²) in [5, 5.41) is 14.0. The number of amides is 1. The van der Waals surface area contributed by atoms with Gasteiger partial charge in [-0.25, -0.2) is 14.4 Å². The molecule has 0 aliphatic carbocycles. The SMILES string of the molecule is Cc1cc(-c2nc(Nc3cnn(C4CCNCC4)c3)ncc2F)ccc1CNC(=O)c1ccc(C(C)(C)C)cc1. The van der Waals surface area contributed by atoms with Crippen molar-refractivity contribution in [1.82, 2.24) is 30.4 Å². The molecule has 1 fully saturated rings. The highest BCUT2D eigenvalue weighted by atomic mass is 19.1. The maximum atomic E-state index is 14.8. The molecule has 3 heterocycles. The molecule has 5 rings (SSSR count). The molecular weight excluding hydrogens is 505 g/mol. The summed E-state index contributed by atoms with van der Waals surface area (Å²) < 4.78 is 16.8. The fourth-order valence-corrected chi connectivity index (χ4v) is 4.87. The summed E-state index contributed by atoms with van der Waals surface area (Å²) in [6.45, 7) is 10.7. The number of halogens is 1. The Balaban J connectivity index is 1.25. The summed E-state index contributed by atoms with van der Waals surface area (Å²) in [6, 6.07) is 13.7. The molecule has 208 valence electrons. The fraction of sp³-hybridized carbons (Fsp3) is 0.355. The Hall–Kier alpha value is -4.11. The number of piperidine rings is 1. The van der Waals surface area contributed by atoms with Crippen LogP contribution in [0.25, 0.3) is 11.3 Å². The van der Waals surface area contributed by atoms with E-state index in [-0.39, 0.29) is 17.0 Å². The Labute approximate surface area is 234 Å². The maximum Gasteiger partial charge on any atom is 0.251 e. The van der Waals surface area contributed by atoms with Crippen LogP contribution in [0.3, 0.4) is 0 Å². The minimum Gasteiger partial charge on any atom is -0.348 e. The first-order valence-corrected chi connectivity index (χ1v) is 13.7. The van der Waals surface area contributed by atoms with Crippen LogP contribution in [0.1, 0.15) is 66.7 Å². The molecule has 1 amide bonds. The molecular formula is C31H36FN7O. The molecule has 0 saturated carbocycles. The highest BCUT2D eigenvalue weighted by molar-refractivity contribution is 5.94. The van der Waals surface area contributed by atoms with Crippen molar-refractivity contribution in [1.29, 1.82) is 0 Å². The molecule has 0 radical (unpaired) electrons. The smallest absolute Gasteiger partial charge is 0.251 e. The van der Waals surface area contributed by atoms with E-state index in [2.05, 4.69) is 51.8 Å². The second kappa shape index (κ2) is 11.6. The first-order valence-electron chi connectivity index (χ1n) is 13.7. The largest absolute Gasteiger partial charge is 0.348 e. The van der Waals surface area contributed by atoms with Crippen molar-refractivity contribution >= 4 is 17.5 Å². The lowest BCUT2D eigenvalue weighted by molar-refractivity contribution is 0.0951. The Bertz CT molecular complexity index is 1480. The van der Waals surface area contributed by atoms with E-state index in [1.807, 2.05) is 60.3 Å². The Kier molecular flexibility index (Phi) is 7.93. The molecule has 0 unspecified atom stereocenters. The number of aryl methyl sites for hydroxylation is 1. The molecule has 0 bridgehead atoms. The lowest BCUT2D eigenvalue weighted by Gasteiger charge is -2.22. The first kappa shape index (κ1) is 27.5. The molecule has 0 spiro atoms. The van der Waals surface area contributed by atoms with Crippen LogP contribution < -0.4 is 16.0 Å². The van der Waals surface area contributed by atoms with Crippen molar-refractivity contribution in [2.24, 2.45) is 0 Å². The zero-order chi connectivity index (χ0) is 28.3. The monoisotopic (exact) mass is 541 g/mol. The third-order valence-corrected chi connectivity index (χ3v) is 7.35. The Morgan fingerprint density at radius 2 is 1.85 bits per heavy atom. The van der Waals surface area contributed by atoms with Crippen LogP contribution in [0.4, 0.5) is 16.0 Å². The highest BCUT2D eigenvalue weighted by Gasteiger charge is 2.17. The van der Waals surface area contributed by atoms with Crippen molar-refractivity contribution in [3.05, 3.63) is 89.1 Å². The van der Waals surface area contributed by atoms with Gasteiger partial charge in [-0.05, 0) is 73.2 Å². The van der Waals surface area contributed by atoms with E-state index in [0.717, 1.165) is 42.7 Å². The van der Waals surface area contributed by atoms with Gasteiger partial charge in [-0.2, -0.15) is 5.10 Å². The second-order valence-corrected chi connectivity index (χ2v) is 11.4. The van der Waals surface area contributed by atoms with E-state index in [1.54, 1.807) is 6.20 Å². The standard InChI is InChI=1S/C31H36FN7O/c1-20-15-22(5-6-23(20)16-34-29(40)21-7-9-24(10-8-21)31(2,3)4)28-27(32)18-35-30(38-28)37-25-17-36-39(19-25)26-11-13-33-14-12-26/h5-10,15,17-19,26,33H,11-14,16H2,1-4H3,(H,34,40)(H,35,37,38). The molecule has 8 nitrogen and oxygen atoms in total. The molecule has 40 heavy (non-hydrogen) atoms. The van der Waals surface area contributed by atoms with Gasteiger partial charge in [-0.1, -0.05) is 45.0 Å². The summed E-state index contributed by atoms with van der Waals surface area (Å²) in [5.74, 6) is -0.340. The van der Waals surface area contributed by atoms with E-state index in [1.165, 1.54) is 11.8 Å². The van der Waals surface area contributed by atoms with Gasteiger partial charge >= 0.3 is 0 Å². The predicted molar refractivity (Wildman–Crippen MR) is 155 cm³/mol. The summed E-state index contributed by atoms with van der Waals surface area (Å²) in [6.07, 6.45) is 6.91. The minimum atomic E-state index is -0.505. The van der Waals surface area contributed by atoms with Crippen LogP contribution in [0, 0.1) is 12.7 Å². The van der Waals surface area contributed by atoms with Crippen LogP contribution in [-0.2, 0) is 12.0 Å². The number of rotatable bonds is 7. The normalized spacial score (nSPS) is 14.2. The molecule has 1 aliphatic rings. The third-order valence-electron chi connectivity index (χ3n) is 7.35. The predicted octanol–water partition coefficient (Wildman–Crippen LogP) is 5.68. The number of nitrogens with one attached hydrogen (secondary N) is 3. The molecule has 2 aromatic carbocycles. The van der Waals surface area contributed by atoms with Gasteiger partial charge in [0.05, 0.1) is 24.1 Å². The summed E-state index contributed by atoms with van der Waals surface area (Å²) in [4.78, 5) is 21.3. The molecule has 1 saturated heterocycles. The Morgan fingerprint density at radius 1 is 1.10 bits per heavy atom. The minimum absolute atomic E-state index is 0.0315. The maximum absolute atomic E-state index is 14.8. The van der Waals surface area contributed by atoms with E-state index in [9.17, 15) is 9.18 Å². The molecule has 4 aromatic rings. The number of aromatic nitrogens is 4. The van der Waals surface area contributed by atoms with Gasteiger partial charge in [0, 0.05) is 23.9 Å². The van der Waals surface area contributed by atoms with Crippen molar-refractivity contribution in [3.8, 4) is 11.3 Å². The number of benzene rings is 2.